The van der Waals surface area contributed by atoms with Crippen molar-refractivity contribution in [2.45, 2.75) is 31.1 Å². The largest absolute Gasteiger partial charge is 0.491 e. The molecule has 0 radical (unpaired) electrons. The number of rotatable bonds is 10. The third-order valence-electron chi connectivity index (χ3n) is 7.68. The van der Waals surface area contributed by atoms with E-state index in [9.17, 15) is 9.59 Å². The first-order chi connectivity index (χ1) is 21.2. The lowest BCUT2D eigenvalue weighted by Gasteiger charge is -2.41. The van der Waals surface area contributed by atoms with Gasteiger partial charge in [0.15, 0.2) is 6.29 Å². The Bertz CT molecular complexity index is 1460. The highest BCUT2D eigenvalue weighted by molar-refractivity contribution is 8.18. The summed E-state index contributed by atoms with van der Waals surface area (Å²) in [5.41, 5.74) is 2.14. The molecule has 2 aliphatic heterocycles. The molecular weight excluding hydrogens is 558 g/mol. The molecule has 2 amide bonds. The second-order valence-electron chi connectivity index (χ2n) is 10.4. The summed E-state index contributed by atoms with van der Waals surface area (Å²) in [5.74, 6) is 0.364. The predicted octanol–water partition coefficient (Wildman–Crippen LogP) is 7.64. The van der Waals surface area contributed by atoms with Crippen LogP contribution in [0.3, 0.4) is 0 Å². The molecule has 0 spiro atoms. The highest BCUT2D eigenvalue weighted by Gasteiger charge is 2.52. The van der Waals surface area contributed by atoms with Gasteiger partial charge >= 0.3 is 0 Å². The molecule has 0 saturated carbocycles. The number of carbonyl (C=O) groups is 2. The number of nitrogens with zero attached hydrogens (tertiary/aromatic N) is 1. The number of ether oxygens (including phenoxy) is 3. The fraction of sp³-hybridized carbons (Fsp3) is 0.222. The van der Waals surface area contributed by atoms with Gasteiger partial charge in [-0.05, 0) is 71.5 Å². The summed E-state index contributed by atoms with van der Waals surface area (Å²) in [4.78, 5) is 29.9. The van der Waals surface area contributed by atoms with Crippen LogP contribution in [0.4, 0.5) is 4.79 Å². The molecule has 43 heavy (non-hydrogen) atoms. The minimum Gasteiger partial charge on any atom is -0.491 e. The van der Waals surface area contributed by atoms with Crippen molar-refractivity contribution in [3.8, 4) is 5.75 Å². The molecule has 1 atom stereocenters. The SMILES string of the molecule is O=C1SC(=Cc2ccc(OCCOC3CCCCO3)cc2)C(=O)N1C(c1ccccc1)(c1ccccc1)c1ccccc1. The Morgan fingerprint density at radius 3 is 1.88 bits per heavy atom. The minimum atomic E-state index is -1.15. The Balaban J connectivity index is 1.26. The molecule has 1 unspecified atom stereocenters. The number of thioether (sulfide) groups is 1. The van der Waals surface area contributed by atoms with Crippen molar-refractivity contribution < 1.29 is 23.8 Å². The first-order valence-corrected chi connectivity index (χ1v) is 15.4. The maximum atomic E-state index is 14.2. The second kappa shape index (κ2) is 13.4. The second-order valence-corrected chi connectivity index (χ2v) is 11.4. The summed E-state index contributed by atoms with van der Waals surface area (Å²) < 4.78 is 17.2. The highest BCUT2D eigenvalue weighted by Crippen LogP contribution is 2.48. The van der Waals surface area contributed by atoms with Crippen LogP contribution in [0.2, 0.25) is 0 Å². The lowest BCUT2D eigenvalue weighted by molar-refractivity contribution is -0.165. The summed E-state index contributed by atoms with van der Waals surface area (Å²) in [6.45, 7) is 1.61. The van der Waals surface area contributed by atoms with Gasteiger partial charge in [-0.15, -0.1) is 0 Å². The van der Waals surface area contributed by atoms with Gasteiger partial charge < -0.3 is 14.2 Å². The Hall–Kier alpha value is -4.17. The molecule has 2 aliphatic rings. The quantitative estimate of drug-likeness (QED) is 0.107. The van der Waals surface area contributed by atoms with Crippen LogP contribution in [-0.4, -0.2) is 42.2 Å². The average molecular weight is 592 g/mol. The number of carbonyl (C=O) groups excluding carboxylic acids is 2. The maximum Gasteiger partial charge on any atom is 0.294 e. The molecule has 218 valence electrons. The molecule has 4 aromatic carbocycles. The van der Waals surface area contributed by atoms with Crippen LogP contribution in [0.15, 0.2) is 120 Å². The van der Waals surface area contributed by atoms with Crippen LogP contribution in [-0.2, 0) is 19.8 Å². The van der Waals surface area contributed by atoms with Crippen molar-refractivity contribution >= 4 is 29.0 Å². The summed E-state index contributed by atoms with van der Waals surface area (Å²) >= 11 is 0.961. The molecule has 6 nitrogen and oxygen atoms in total. The zero-order valence-electron chi connectivity index (χ0n) is 23.8. The third kappa shape index (κ3) is 6.15. The van der Waals surface area contributed by atoms with Crippen LogP contribution in [0.1, 0.15) is 41.5 Å². The summed E-state index contributed by atoms with van der Waals surface area (Å²) in [6.07, 6.45) is 4.76. The Kier molecular flexibility index (Phi) is 9.03. The van der Waals surface area contributed by atoms with Gasteiger partial charge in [-0.1, -0.05) is 103 Å². The van der Waals surface area contributed by atoms with E-state index in [2.05, 4.69) is 0 Å². The van der Waals surface area contributed by atoms with E-state index in [1.54, 1.807) is 6.08 Å². The van der Waals surface area contributed by atoms with E-state index in [0.29, 0.717) is 23.9 Å². The highest BCUT2D eigenvalue weighted by atomic mass is 32.2. The van der Waals surface area contributed by atoms with Gasteiger partial charge in [0.05, 0.1) is 11.5 Å². The summed E-state index contributed by atoms with van der Waals surface area (Å²) in [5, 5.41) is -0.324. The fourth-order valence-corrected chi connectivity index (χ4v) is 6.55. The van der Waals surface area contributed by atoms with E-state index >= 15 is 0 Å². The van der Waals surface area contributed by atoms with Crippen molar-refractivity contribution in [1.82, 2.24) is 4.90 Å². The summed E-state index contributed by atoms with van der Waals surface area (Å²) in [6, 6.07) is 36.7. The van der Waals surface area contributed by atoms with Gasteiger partial charge in [-0.25, -0.2) is 4.90 Å². The van der Waals surface area contributed by atoms with Gasteiger partial charge in [0.25, 0.3) is 11.1 Å². The topological polar surface area (TPSA) is 65.1 Å². The molecule has 0 aliphatic carbocycles. The smallest absolute Gasteiger partial charge is 0.294 e. The lowest BCUT2D eigenvalue weighted by Crippen LogP contribution is -2.50. The number of hydrogen-bond donors (Lipinski definition) is 0. The van der Waals surface area contributed by atoms with Crippen LogP contribution < -0.4 is 4.74 Å². The van der Waals surface area contributed by atoms with Crippen molar-refractivity contribution in [3.63, 3.8) is 0 Å². The average Bonchev–Trinajstić information content (AvgIpc) is 3.34. The van der Waals surface area contributed by atoms with E-state index < -0.39 is 5.54 Å². The van der Waals surface area contributed by atoms with E-state index in [1.165, 1.54) is 4.90 Å². The first kappa shape index (κ1) is 28.9. The molecule has 2 fully saturated rings. The number of imide groups is 1. The molecule has 7 heteroatoms. The number of hydrogen-bond acceptors (Lipinski definition) is 6. The minimum absolute atomic E-state index is 0.139. The van der Waals surface area contributed by atoms with Crippen molar-refractivity contribution in [1.29, 1.82) is 0 Å². The van der Waals surface area contributed by atoms with Gasteiger partial charge in [0, 0.05) is 6.61 Å². The molecule has 2 heterocycles. The zero-order chi connectivity index (χ0) is 29.5. The van der Waals surface area contributed by atoms with E-state index in [0.717, 1.165) is 59.9 Å². The Morgan fingerprint density at radius 1 is 0.767 bits per heavy atom. The molecule has 0 N–H and O–H groups in total. The van der Waals surface area contributed by atoms with Gasteiger partial charge in [-0.2, -0.15) is 0 Å². The number of benzene rings is 4. The van der Waals surface area contributed by atoms with Crippen LogP contribution in [0.25, 0.3) is 6.08 Å². The maximum absolute atomic E-state index is 14.2. The first-order valence-electron chi connectivity index (χ1n) is 14.6. The van der Waals surface area contributed by atoms with Crippen molar-refractivity contribution in [3.05, 3.63) is 142 Å². The molecule has 2 saturated heterocycles. The molecule has 0 aromatic heterocycles. The zero-order valence-corrected chi connectivity index (χ0v) is 24.6. The molecular formula is C36H33NO5S. The van der Waals surface area contributed by atoms with Gasteiger partial charge in [0.2, 0.25) is 0 Å². The standard InChI is InChI=1S/C36H33NO5S/c38-34-32(26-27-19-21-31(22-20-27)40-24-25-42-33-18-10-11-23-41-33)43-35(39)37(34)36(28-12-4-1-5-13-28,29-14-6-2-7-15-29)30-16-8-3-9-17-30/h1-9,12-17,19-22,26,33H,10-11,18,23-25H2. The Labute approximate surface area is 256 Å². The van der Waals surface area contributed by atoms with E-state index in [1.807, 2.05) is 115 Å². The van der Waals surface area contributed by atoms with Gasteiger partial charge in [0.1, 0.15) is 17.9 Å². The van der Waals surface area contributed by atoms with Crippen molar-refractivity contribution in [2.24, 2.45) is 0 Å². The molecule has 0 bridgehead atoms. The monoisotopic (exact) mass is 591 g/mol. The van der Waals surface area contributed by atoms with E-state index in [4.69, 9.17) is 14.2 Å². The van der Waals surface area contributed by atoms with Crippen LogP contribution in [0, 0.1) is 0 Å². The Morgan fingerprint density at radius 2 is 1.35 bits per heavy atom. The fourth-order valence-electron chi connectivity index (χ4n) is 5.68. The molecule has 6 rings (SSSR count). The van der Waals surface area contributed by atoms with E-state index in [-0.39, 0.29) is 17.4 Å². The van der Waals surface area contributed by atoms with Crippen molar-refractivity contribution in [2.75, 3.05) is 19.8 Å². The number of amides is 2. The van der Waals surface area contributed by atoms with Crippen LogP contribution >= 0.6 is 11.8 Å². The third-order valence-corrected chi connectivity index (χ3v) is 8.54. The summed E-state index contributed by atoms with van der Waals surface area (Å²) in [7, 11) is 0. The van der Waals surface area contributed by atoms with Gasteiger partial charge in [-0.3, -0.25) is 9.59 Å². The van der Waals surface area contributed by atoms with Crippen LogP contribution in [0.5, 0.6) is 5.75 Å². The lowest BCUT2D eigenvalue weighted by atomic mass is 9.75. The molecule has 4 aromatic rings. The predicted molar refractivity (Wildman–Crippen MR) is 168 cm³/mol. The normalized spacial score (nSPS) is 18.3.